The molecule has 0 heterocycles. The van der Waals surface area contributed by atoms with E-state index in [1.165, 1.54) is 25.0 Å². The van der Waals surface area contributed by atoms with Crippen LogP contribution in [0.15, 0.2) is 18.2 Å². The molecule has 0 amide bonds. The lowest BCUT2D eigenvalue weighted by Gasteiger charge is -2.17. The zero-order chi connectivity index (χ0) is 11.8. The van der Waals surface area contributed by atoms with E-state index in [0.29, 0.717) is 11.0 Å². The van der Waals surface area contributed by atoms with E-state index < -0.39 is 11.6 Å². The first-order chi connectivity index (χ1) is 7.48. The van der Waals surface area contributed by atoms with Crippen LogP contribution in [-0.2, 0) is 0 Å². The smallest absolute Gasteiger partial charge is 0.126 e. The predicted molar refractivity (Wildman–Crippen MR) is 60.1 cm³/mol. The van der Waals surface area contributed by atoms with Gasteiger partial charge in [-0.05, 0) is 42.9 Å². The number of nitrogens with one attached hydrogen (secondary N) is 1. The van der Waals surface area contributed by atoms with Crippen LogP contribution in [0.25, 0.3) is 0 Å². The molecule has 0 bridgehead atoms. The Bertz CT molecular complexity index is 365. The first-order valence-corrected chi connectivity index (χ1v) is 5.68. The highest BCUT2D eigenvalue weighted by atomic mass is 19.1. The third-order valence-electron chi connectivity index (χ3n) is 3.32. The van der Waals surface area contributed by atoms with Gasteiger partial charge in [-0.25, -0.2) is 8.78 Å². The van der Waals surface area contributed by atoms with Crippen LogP contribution in [0.3, 0.4) is 0 Å². The summed E-state index contributed by atoms with van der Waals surface area (Å²) in [6.45, 7) is 5.06. The quantitative estimate of drug-likeness (QED) is 0.828. The van der Waals surface area contributed by atoms with Crippen LogP contribution in [0.1, 0.15) is 38.3 Å². The molecule has 1 aromatic carbocycles. The monoisotopic (exact) mass is 225 g/mol. The van der Waals surface area contributed by atoms with E-state index in [2.05, 4.69) is 12.2 Å². The fourth-order valence-electron chi connectivity index (χ4n) is 1.73. The van der Waals surface area contributed by atoms with Crippen molar-refractivity contribution in [2.24, 2.45) is 5.41 Å². The number of rotatable bonds is 4. The standard InChI is InChI=1S/C13H17F2N/c1-9(16-8-13(2)3-4-13)10-5-11(14)7-12(15)6-10/h5-7,9,16H,3-4,8H2,1-2H3. The molecule has 88 valence electrons. The Hall–Kier alpha value is -0.960. The molecule has 16 heavy (non-hydrogen) atoms. The van der Waals surface area contributed by atoms with Crippen LogP contribution in [0.5, 0.6) is 0 Å². The molecule has 0 aliphatic heterocycles. The average Bonchev–Trinajstić information content (AvgIpc) is 2.92. The normalized spacial score (nSPS) is 19.5. The summed E-state index contributed by atoms with van der Waals surface area (Å²) in [5, 5.41) is 3.32. The second-order valence-electron chi connectivity index (χ2n) is 5.12. The van der Waals surface area contributed by atoms with Gasteiger partial charge in [-0.15, -0.1) is 0 Å². The summed E-state index contributed by atoms with van der Waals surface area (Å²) >= 11 is 0. The summed E-state index contributed by atoms with van der Waals surface area (Å²) in [6.07, 6.45) is 2.48. The maximum absolute atomic E-state index is 13.0. The Morgan fingerprint density at radius 2 is 1.81 bits per heavy atom. The van der Waals surface area contributed by atoms with Gasteiger partial charge < -0.3 is 5.32 Å². The molecule has 1 N–H and O–H groups in total. The van der Waals surface area contributed by atoms with Crippen molar-refractivity contribution in [3.63, 3.8) is 0 Å². The van der Waals surface area contributed by atoms with Gasteiger partial charge >= 0.3 is 0 Å². The molecule has 1 unspecified atom stereocenters. The molecule has 1 aliphatic carbocycles. The summed E-state index contributed by atoms with van der Waals surface area (Å²) in [4.78, 5) is 0. The molecule has 0 radical (unpaired) electrons. The van der Waals surface area contributed by atoms with Gasteiger partial charge in [0.05, 0.1) is 0 Å². The molecule has 3 heteroatoms. The Morgan fingerprint density at radius 3 is 2.31 bits per heavy atom. The highest BCUT2D eigenvalue weighted by molar-refractivity contribution is 5.21. The third kappa shape index (κ3) is 2.79. The molecular formula is C13H17F2N. The third-order valence-corrected chi connectivity index (χ3v) is 3.32. The summed E-state index contributed by atoms with van der Waals surface area (Å²) in [5.41, 5.74) is 1.07. The Balaban J connectivity index is 1.99. The van der Waals surface area contributed by atoms with Crippen molar-refractivity contribution in [3.05, 3.63) is 35.4 Å². The maximum atomic E-state index is 13.0. The van der Waals surface area contributed by atoms with E-state index in [1.807, 2.05) is 6.92 Å². The largest absolute Gasteiger partial charge is 0.310 e. The molecule has 1 fully saturated rings. The molecule has 1 aliphatic rings. The van der Waals surface area contributed by atoms with Crippen molar-refractivity contribution in [2.45, 2.75) is 32.7 Å². The van der Waals surface area contributed by atoms with Gasteiger partial charge in [0.15, 0.2) is 0 Å². The van der Waals surface area contributed by atoms with E-state index in [9.17, 15) is 8.78 Å². The van der Waals surface area contributed by atoms with Crippen LogP contribution >= 0.6 is 0 Å². The topological polar surface area (TPSA) is 12.0 Å². The minimum atomic E-state index is -0.513. The van der Waals surface area contributed by atoms with Gasteiger partial charge in [-0.3, -0.25) is 0 Å². The molecular weight excluding hydrogens is 208 g/mol. The first-order valence-electron chi connectivity index (χ1n) is 5.68. The lowest BCUT2D eigenvalue weighted by atomic mass is 10.1. The number of hydrogen-bond acceptors (Lipinski definition) is 1. The van der Waals surface area contributed by atoms with Gasteiger partial charge in [0.2, 0.25) is 0 Å². The van der Waals surface area contributed by atoms with Gasteiger partial charge in [-0.2, -0.15) is 0 Å². The Labute approximate surface area is 94.9 Å². The minimum Gasteiger partial charge on any atom is -0.310 e. The molecule has 1 saturated carbocycles. The highest BCUT2D eigenvalue weighted by Gasteiger charge is 2.36. The molecule has 2 rings (SSSR count). The lowest BCUT2D eigenvalue weighted by molar-refractivity contribution is 0.454. The molecule has 1 nitrogen and oxygen atoms in total. The van der Waals surface area contributed by atoms with E-state index in [-0.39, 0.29) is 6.04 Å². The van der Waals surface area contributed by atoms with Crippen LogP contribution in [0.2, 0.25) is 0 Å². The van der Waals surface area contributed by atoms with Crippen molar-refractivity contribution in [1.29, 1.82) is 0 Å². The van der Waals surface area contributed by atoms with Crippen LogP contribution in [-0.4, -0.2) is 6.54 Å². The average molecular weight is 225 g/mol. The SMILES string of the molecule is CC(NCC1(C)CC1)c1cc(F)cc(F)c1. The van der Waals surface area contributed by atoms with E-state index in [1.54, 1.807) is 0 Å². The minimum absolute atomic E-state index is 0.0115. The predicted octanol–water partition coefficient (Wildman–Crippen LogP) is 3.42. The Kier molecular flexibility index (Phi) is 2.98. The summed E-state index contributed by atoms with van der Waals surface area (Å²) < 4.78 is 26.0. The first kappa shape index (κ1) is 11.5. The fraction of sp³-hybridized carbons (Fsp3) is 0.538. The van der Waals surface area contributed by atoms with E-state index in [4.69, 9.17) is 0 Å². The summed E-state index contributed by atoms with van der Waals surface area (Å²) in [7, 11) is 0. The van der Waals surface area contributed by atoms with Crippen LogP contribution in [0, 0.1) is 17.0 Å². The second kappa shape index (κ2) is 4.13. The molecule has 0 aromatic heterocycles. The number of benzene rings is 1. The highest BCUT2D eigenvalue weighted by Crippen LogP contribution is 2.44. The van der Waals surface area contributed by atoms with Gasteiger partial charge in [0.1, 0.15) is 11.6 Å². The Morgan fingerprint density at radius 1 is 1.25 bits per heavy atom. The van der Waals surface area contributed by atoms with E-state index >= 15 is 0 Å². The zero-order valence-corrected chi connectivity index (χ0v) is 9.69. The lowest BCUT2D eigenvalue weighted by Crippen LogP contribution is -2.25. The molecule has 1 atom stereocenters. The van der Waals surface area contributed by atoms with Crippen LogP contribution in [0.4, 0.5) is 8.78 Å². The summed E-state index contributed by atoms with van der Waals surface area (Å²) in [5.74, 6) is -1.03. The number of halogens is 2. The number of hydrogen-bond donors (Lipinski definition) is 1. The van der Waals surface area contributed by atoms with E-state index in [0.717, 1.165) is 12.6 Å². The fourth-order valence-corrected chi connectivity index (χ4v) is 1.73. The van der Waals surface area contributed by atoms with Crippen molar-refractivity contribution in [2.75, 3.05) is 6.54 Å². The van der Waals surface area contributed by atoms with Crippen molar-refractivity contribution >= 4 is 0 Å². The molecule has 0 saturated heterocycles. The van der Waals surface area contributed by atoms with Crippen molar-refractivity contribution in [3.8, 4) is 0 Å². The second-order valence-corrected chi connectivity index (χ2v) is 5.12. The van der Waals surface area contributed by atoms with Crippen molar-refractivity contribution < 1.29 is 8.78 Å². The van der Waals surface area contributed by atoms with Gasteiger partial charge in [0.25, 0.3) is 0 Å². The summed E-state index contributed by atoms with van der Waals surface area (Å²) in [6, 6.07) is 3.66. The molecule has 1 aromatic rings. The zero-order valence-electron chi connectivity index (χ0n) is 9.69. The van der Waals surface area contributed by atoms with Gasteiger partial charge in [0, 0.05) is 18.7 Å². The molecule has 0 spiro atoms. The van der Waals surface area contributed by atoms with Gasteiger partial charge in [-0.1, -0.05) is 6.92 Å². The van der Waals surface area contributed by atoms with Crippen LogP contribution < -0.4 is 5.32 Å². The van der Waals surface area contributed by atoms with Crippen molar-refractivity contribution in [1.82, 2.24) is 5.32 Å². The maximum Gasteiger partial charge on any atom is 0.126 e.